The fraction of sp³-hybridized carbons (Fsp3) is 0.467. The van der Waals surface area contributed by atoms with Gasteiger partial charge in [0, 0.05) is 17.5 Å². The molecule has 1 aromatic carbocycles. The van der Waals surface area contributed by atoms with E-state index in [-0.39, 0.29) is 17.7 Å². The number of nitrogens with one attached hydrogen (secondary N) is 2. The average Bonchev–Trinajstić information content (AvgIpc) is 3.29. The molecule has 0 spiro atoms. The highest BCUT2D eigenvalue weighted by Gasteiger charge is 2.30. The second kappa shape index (κ2) is 5.44. The minimum atomic E-state index is -0.175. The fourth-order valence-electron chi connectivity index (χ4n) is 2.05. The third-order valence-electron chi connectivity index (χ3n) is 3.68. The summed E-state index contributed by atoms with van der Waals surface area (Å²) in [5.41, 5.74) is 0.978. The Morgan fingerprint density at radius 1 is 1.20 bits per heavy atom. The third-order valence-corrected chi connectivity index (χ3v) is 3.92. The van der Waals surface area contributed by atoms with Crippen LogP contribution in [-0.2, 0) is 4.79 Å². The Morgan fingerprint density at radius 2 is 1.95 bits per heavy atom. The summed E-state index contributed by atoms with van der Waals surface area (Å²) >= 11 is 5.95. The van der Waals surface area contributed by atoms with Crippen LogP contribution in [0.1, 0.15) is 36.0 Å². The molecular formula is C15H17ClN2O2. The van der Waals surface area contributed by atoms with E-state index in [9.17, 15) is 9.59 Å². The van der Waals surface area contributed by atoms with E-state index >= 15 is 0 Å². The van der Waals surface area contributed by atoms with Crippen LogP contribution >= 0.6 is 11.6 Å². The highest BCUT2D eigenvalue weighted by Crippen LogP contribution is 2.31. The van der Waals surface area contributed by atoms with Crippen molar-refractivity contribution in [3.63, 3.8) is 0 Å². The summed E-state index contributed by atoms with van der Waals surface area (Å²) in [5, 5.41) is 6.21. The number of amides is 2. The lowest BCUT2D eigenvalue weighted by molar-refractivity contribution is -0.117. The highest BCUT2D eigenvalue weighted by molar-refractivity contribution is 6.31. The molecule has 0 atom stereocenters. The van der Waals surface area contributed by atoms with Gasteiger partial charge in [0.1, 0.15) is 0 Å². The Labute approximate surface area is 122 Å². The molecule has 2 aliphatic rings. The lowest BCUT2D eigenvalue weighted by atomic mass is 10.1. The molecule has 1 aromatic rings. The van der Waals surface area contributed by atoms with Crippen molar-refractivity contribution in [2.24, 2.45) is 11.8 Å². The number of carbonyl (C=O) groups excluding carboxylic acids is 2. The molecule has 5 heteroatoms. The molecule has 2 N–H and O–H groups in total. The first-order chi connectivity index (χ1) is 9.63. The molecule has 20 heavy (non-hydrogen) atoms. The van der Waals surface area contributed by atoms with Crippen molar-refractivity contribution in [2.45, 2.75) is 25.7 Å². The first-order valence-electron chi connectivity index (χ1n) is 7.02. The van der Waals surface area contributed by atoms with Crippen LogP contribution < -0.4 is 10.6 Å². The molecule has 4 nitrogen and oxygen atoms in total. The Kier molecular flexibility index (Phi) is 3.66. The molecule has 2 aliphatic carbocycles. The second-order valence-corrected chi connectivity index (χ2v) is 6.04. The molecule has 0 bridgehead atoms. The lowest BCUT2D eigenvalue weighted by Gasteiger charge is -2.11. The van der Waals surface area contributed by atoms with Crippen molar-refractivity contribution >= 4 is 29.1 Å². The summed E-state index contributed by atoms with van der Waals surface area (Å²) in [6.45, 7) is 0.696. The molecule has 0 aromatic heterocycles. The van der Waals surface area contributed by atoms with Gasteiger partial charge in [-0.15, -0.1) is 0 Å². The molecule has 2 amide bonds. The summed E-state index contributed by atoms with van der Waals surface area (Å²) < 4.78 is 0. The van der Waals surface area contributed by atoms with Gasteiger partial charge >= 0.3 is 0 Å². The average molecular weight is 293 g/mol. The van der Waals surface area contributed by atoms with Crippen LogP contribution in [0.5, 0.6) is 0 Å². The molecule has 0 unspecified atom stereocenters. The molecule has 0 radical (unpaired) electrons. The van der Waals surface area contributed by atoms with Crippen molar-refractivity contribution in [1.29, 1.82) is 0 Å². The molecule has 2 fully saturated rings. The minimum absolute atomic E-state index is 0.0106. The van der Waals surface area contributed by atoms with Gasteiger partial charge in [-0.3, -0.25) is 9.59 Å². The Balaban J connectivity index is 1.73. The zero-order valence-electron chi connectivity index (χ0n) is 11.1. The van der Waals surface area contributed by atoms with Crippen molar-refractivity contribution < 1.29 is 9.59 Å². The number of halogens is 1. The van der Waals surface area contributed by atoms with E-state index in [4.69, 9.17) is 11.6 Å². The number of hydrogen-bond acceptors (Lipinski definition) is 2. The van der Waals surface area contributed by atoms with E-state index in [0.717, 1.165) is 12.8 Å². The monoisotopic (exact) mass is 292 g/mol. The van der Waals surface area contributed by atoms with Crippen LogP contribution in [0.25, 0.3) is 0 Å². The number of anilines is 1. The van der Waals surface area contributed by atoms with Gasteiger partial charge in [0.15, 0.2) is 0 Å². The highest BCUT2D eigenvalue weighted by atomic mass is 35.5. The van der Waals surface area contributed by atoms with Crippen molar-refractivity contribution in [3.8, 4) is 0 Å². The molecular weight excluding hydrogens is 276 g/mol. The SMILES string of the molecule is O=C(NCC1CC1)c1cc(Cl)ccc1NC(=O)C1CC1. The quantitative estimate of drug-likeness (QED) is 0.877. The van der Waals surface area contributed by atoms with E-state index in [2.05, 4.69) is 10.6 Å². The van der Waals surface area contributed by atoms with Gasteiger partial charge in [-0.2, -0.15) is 0 Å². The van der Waals surface area contributed by atoms with Crippen LogP contribution in [-0.4, -0.2) is 18.4 Å². The molecule has 0 heterocycles. The number of benzene rings is 1. The Hall–Kier alpha value is -1.55. The summed E-state index contributed by atoms with van der Waals surface area (Å²) in [6.07, 6.45) is 4.23. The standard InChI is InChI=1S/C15H17ClN2O2/c16-11-5-6-13(18-14(19)10-3-4-10)12(7-11)15(20)17-8-9-1-2-9/h5-7,9-10H,1-4,8H2,(H,17,20)(H,18,19). The predicted octanol–water partition coefficient (Wildman–Crippen LogP) is 2.83. The van der Waals surface area contributed by atoms with Crippen LogP contribution in [0.4, 0.5) is 5.69 Å². The normalized spacial score (nSPS) is 17.6. The van der Waals surface area contributed by atoms with E-state index in [0.29, 0.717) is 28.7 Å². The molecule has 106 valence electrons. The van der Waals surface area contributed by atoms with Crippen LogP contribution in [0.15, 0.2) is 18.2 Å². The predicted molar refractivity (Wildman–Crippen MR) is 77.9 cm³/mol. The summed E-state index contributed by atoms with van der Waals surface area (Å²) in [4.78, 5) is 24.0. The van der Waals surface area contributed by atoms with Crippen LogP contribution in [0.3, 0.4) is 0 Å². The van der Waals surface area contributed by atoms with Gasteiger partial charge < -0.3 is 10.6 Å². The molecule has 0 aliphatic heterocycles. The van der Waals surface area contributed by atoms with Gasteiger partial charge in [0.25, 0.3) is 5.91 Å². The topological polar surface area (TPSA) is 58.2 Å². The van der Waals surface area contributed by atoms with Gasteiger partial charge in [0.2, 0.25) is 5.91 Å². The van der Waals surface area contributed by atoms with Crippen molar-refractivity contribution in [1.82, 2.24) is 5.32 Å². The summed E-state index contributed by atoms with van der Waals surface area (Å²) in [5.74, 6) is 0.532. The smallest absolute Gasteiger partial charge is 0.253 e. The van der Waals surface area contributed by atoms with E-state index < -0.39 is 0 Å². The van der Waals surface area contributed by atoms with Crippen LogP contribution in [0.2, 0.25) is 5.02 Å². The summed E-state index contributed by atoms with van der Waals surface area (Å²) in [7, 11) is 0. The lowest BCUT2D eigenvalue weighted by Crippen LogP contribution is -2.27. The van der Waals surface area contributed by atoms with Gasteiger partial charge in [0.05, 0.1) is 11.3 Å². The second-order valence-electron chi connectivity index (χ2n) is 5.61. The van der Waals surface area contributed by atoms with Gasteiger partial charge in [-0.1, -0.05) is 11.6 Å². The zero-order chi connectivity index (χ0) is 14.1. The molecule has 3 rings (SSSR count). The first kappa shape index (κ1) is 13.4. The number of hydrogen-bond donors (Lipinski definition) is 2. The van der Waals surface area contributed by atoms with Gasteiger partial charge in [-0.25, -0.2) is 0 Å². The van der Waals surface area contributed by atoms with Crippen LogP contribution in [0, 0.1) is 11.8 Å². The van der Waals surface area contributed by atoms with Gasteiger partial charge in [-0.05, 0) is 49.8 Å². The Bertz CT molecular complexity index is 551. The maximum absolute atomic E-state index is 12.2. The minimum Gasteiger partial charge on any atom is -0.352 e. The molecule has 2 saturated carbocycles. The van der Waals surface area contributed by atoms with E-state index in [1.54, 1.807) is 18.2 Å². The third kappa shape index (κ3) is 3.31. The Morgan fingerprint density at radius 3 is 2.60 bits per heavy atom. The first-order valence-corrected chi connectivity index (χ1v) is 7.40. The fourth-order valence-corrected chi connectivity index (χ4v) is 2.22. The number of rotatable bonds is 5. The number of carbonyl (C=O) groups is 2. The van der Waals surface area contributed by atoms with E-state index in [1.165, 1.54) is 12.8 Å². The zero-order valence-corrected chi connectivity index (χ0v) is 11.9. The van der Waals surface area contributed by atoms with Crippen molar-refractivity contribution in [2.75, 3.05) is 11.9 Å². The summed E-state index contributed by atoms with van der Waals surface area (Å²) in [6, 6.07) is 4.97. The molecule has 0 saturated heterocycles. The maximum atomic E-state index is 12.2. The van der Waals surface area contributed by atoms with E-state index in [1.807, 2.05) is 0 Å². The van der Waals surface area contributed by atoms with Crippen molar-refractivity contribution in [3.05, 3.63) is 28.8 Å². The maximum Gasteiger partial charge on any atom is 0.253 e. The largest absolute Gasteiger partial charge is 0.352 e.